The lowest BCUT2D eigenvalue weighted by molar-refractivity contribution is 0.0696. The molecule has 0 fully saturated rings. The molecule has 0 aromatic heterocycles. The lowest BCUT2D eigenvalue weighted by Crippen LogP contribution is -2.27. The number of sulfonamides is 1. The van der Waals surface area contributed by atoms with Gasteiger partial charge in [0.2, 0.25) is 10.0 Å². The van der Waals surface area contributed by atoms with Gasteiger partial charge < -0.3 is 5.11 Å². The first-order chi connectivity index (χ1) is 8.65. The first kappa shape index (κ1) is 16.4. The summed E-state index contributed by atoms with van der Waals surface area (Å²) < 4.78 is 26.6. The quantitative estimate of drug-likeness (QED) is 0.835. The van der Waals surface area contributed by atoms with E-state index in [0.29, 0.717) is 0 Å². The van der Waals surface area contributed by atoms with Crippen LogP contribution in [0.5, 0.6) is 0 Å². The standard InChI is InChI=1S/C11H13BrClNO4S/c1-6(2)5-14-19(17,18)7-3-8(11(15)16)10(13)9(12)4-7/h3-4,6,14H,5H2,1-2H3,(H,15,16). The van der Waals surface area contributed by atoms with Crippen LogP contribution in [0.3, 0.4) is 0 Å². The monoisotopic (exact) mass is 369 g/mol. The SMILES string of the molecule is CC(C)CNS(=O)(=O)c1cc(Br)c(Cl)c(C(=O)O)c1. The zero-order valence-corrected chi connectivity index (χ0v) is 13.4. The number of nitrogens with one attached hydrogen (secondary N) is 1. The highest BCUT2D eigenvalue weighted by Gasteiger charge is 2.20. The van der Waals surface area contributed by atoms with E-state index in [-0.39, 0.29) is 32.4 Å². The van der Waals surface area contributed by atoms with Gasteiger partial charge in [-0.25, -0.2) is 17.9 Å². The predicted octanol–water partition coefficient (Wildman–Crippen LogP) is 2.74. The Morgan fingerprint density at radius 3 is 2.53 bits per heavy atom. The lowest BCUT2D eigenvalue weighted by atomic mass is 10.2. The fraction of sp³-hybridized carbons (Fsp3) is 0.364. The molecular weight excluding hydrogens is 358 g/mol. The first-order valence-corrected chi connectivity index (χ1v) is 8.02. The van der Waals surface area contributed by atoms with Gasteiger partial charge in [-0.05, 0) is 34.0 Å². The van der Waals surface area contributed by atoms with Gasteiger partial charge in [0, 0.05) is 11.0 Å². The third kappa shape index (κ3) is 4.17. The highest BCUT2D eigenvalue weighted by atomic mass is 79.9. The largest absolute Gasteiger partial charge is 0.478 e. The van der Waals surface area contributed by atoms with Crippen molar-refractivity contribution in [1.29, 1.82) is 0 Å². The molecule has 19 heavy (non-hydrogen) atoms. The van der Waals surface area contributed by atoms with Gasteiger partial charge in [0.25, 0.3) is 0 Å². The molecule has 0 aliphatic heterocycles. The third-order valence-corrected chi connectivity index (χ3v) is 4.89. The van der Waals surface area contributed by atoms with E-state index < -0.39 is 16.0 Å². The smallest absolute Gasteiger partial charge is 0.337 e. The fourth-order valence-corrected chi connectivity index (χ4v) is 3.30. The third-order valence-electron chi connectivity index (χ3n) is 2.22. The maximum atomic E-state index is 12.0. The molecule has 0 bridgehead atoms. The number of hydrogen-bond acceptors (Lipinski definition) is 3. The molecule has 0 aliphatic rings. The molecule has 2 N–H and O–H groups in total. The van der Waals surface area contributed by atoms with Crippen molar-refractivity contribution < 1.29 is 18.3 Å². The molecule has 0 saturated carbocycles. The second-order valence-electron chi connectivity index (χ2n) is 4.32. The van der Waals surface area contributed by atoms with Crippen molar-refractivity contribution in [2.24, 2.45) is 5.92 Å². The minimum atomic E-state index is -3.75. The van der Waals surface area contributed by atoms with Crippen LogP contribution in [0.2, 0.25) is 5.02 Å². The van der Waals surface area contributed by atoms with E-state index in [1.54, 1.807) is 0 Å². The highest BCUT2D eigenvalue weighted by Crippen LogP contribution is 2.29. The van der Waals surface area contributed by atoms with Gasteiger partial charge in [-0.1, -0.05) is 25.4 Å². The van der Waals surface area contributed by atoms with Crippen molar-refractivity contribution in [3.05, 3.63) is 27.2 Å². The average Bonchev–Trinajstić information content (AvgIpc) is 2.29. The molecule has 0 unspecified atom stereocenters. The summed E-state index contributed by atoms with van der Waals surface area (Å²) in [4.78, 5) is 10.9. The number of aromatic carboxylic acids is 1. The van der Waals surface area contributed by atoms with Gasteiger partial charge in [0.15, 0.2) is 0 Å². The summed E-state index contributed by atoms with van der Waals surface area (Å²) in [6, 6.07) is 2.32. The fourth-order valence-electron chi connectivity index (χ4n) is 1.23. The van der Waals surface area contributed by atoms with Crippen LogP contribution in [0, 0.1) is 5.92 Å². The summed E-state index contributed by atoms with van der Waals surface area (Å²) >= 11 is 8.85. The summed E-state index contributed by atoms with van der Waals surface area (Å²) in [5.41, 5.74) is -0.263. The molecule has 0 radical (unpaired) electrons. The summed E-state index contributed by atoms with van der Waals surface area (Å²) in [5, 5.41) is 8.95. The highest BCUT2D eigenvalue weighted by molar-refractivity contribution is 9.10. The Morgan fingerprint density at radius 2 is 2.05 bits per heavy atom. The Bertz CT molecular complexity index is 601. The number of carboxylic acids is 1. The van der Waals surface area contributed by atoms with Crippen molar-refractivity contribution in [3.8, 4) is 0 Å². The summed E-state index contributed by atoms with van der Waals surface area (Å²) in [6.07, 6.45) is 0. The average molecular weight is 371 g/mol. The molecule has 1 rings (SSSR count). The molecule has 0 aliphatic carbocycles. The Labute approximate surface area is 125 Å². The van der Waals surface area contributed by atoms with Crippen molar-refractivity contribution in [2.45, 2.75) is 18.7 Å². The minimum Gasteiger partial charge on any atom is -0.478 e. The van der Waals surface area contributed by atoms with Crippen LogP contribution in [0.15, 0.2) is 21.5 Å². The van der Waals surface area contributed by atoms with Gasteiger partial charge >= 0.3 is 5.97 Å². The second-order valence-corrected chi connectivity index (χ2v) is 7.32. The van der Waals surface area contributed by atoms with Crippen molar-refractivity contribution in [2.75, 3.05) is 6.54 Å². The predicted molar refractivity (Wildman–Crippen MR) is 76.1 cm³/mol. The first-order valence-electron chi connectivity index (χ1n) is 5.37. The van der Waals surface area contributed by atoms with Crippen LogP contribution < -0.4 is 4.72 Å². The maximum absolute atomic E-state index is 12.0. The molecular formula is C11H13BrClNO4S. The van der Waals surface area contributed by atoms with E-state index >= 15 is 0 Å². The molecule has 1 aromatic rings. The van der Waals surface area contributed by atoms with Crippen LogP contribution in [0.1, 0.15) is 24.2 Å². The number of carboxylic acid groups (broad SMARTS) is 1. The zero-order valence-electron chi connectivity index (χ0n) is 10.3. The summed E-state index contributed by atoms with van der Waals surface area (Å²) in [6.45, 7) is 4.00. The van der Waals surface area contributed by atoms with Gasteiger partial charge in [0.05, 0.1) is 15.5 Å². The molecule has 8 heteroatoms. The molecule has 0 amide bonds. The topological polar surface area (TPSA) is 83.5 Å². The number of rotatable bonds is 5. The van der Waals surface area contributed by atoms with Crippen LogP contribution in [-0.4, -0.2) is 26.0 Å². The van der Waals surface area contributed by atoms with Crippen molar-refractivity contribution in [3.63, 3.8) is 0 Å². The molecule has 0 heterocycles. The van der Waals surface area contributed by atoms with Crippen LogP contribution in [0.25, 0.3) is 0 Å². The van der Waals surface area contributed by atoms with Gasteiger partial charge in [0.1, 0.15) is 0 Å². The number of hydrogen-bond donors (Lipinski definition) is 2. The summed E-state index contributed by atoms with van der Waals surface area (Å²) in [7, 11) is -3.75. The Kier molecular flexibility index (Phi) is 5.37. The van der Waals surface area contributed by atoms with E-state index in [4.69, 9.17) is 16.7 Å². The van der Waals surface area contributed by atoms with E-state index in [1.165, 1.54) is 6.07 Å². The lowest BCUT2D eigenvalue weighted by Gasteiger charge is -2.11. The van der Waals surface area contributed by atoms with E-state index in [0.717, 1.165) is 6.07 Å². The number of halogens is 2. The number of carbonyl (C=O) groups is 1. The van der Waals surface area contributed by atoms with Crippen LogP contribution in [-0.2, 0) is 10.0 Å². The van der Waals surface area contributed by atoms with Crippen LogP contribution >= 0.6 is 27.5 Å². The maximum Gasteiger partial charge on any atom is 0.337 e. The Balaban J connectivity index is 3.25. The van der Waals surface area contributed by atoms with Gasteiger partial charge in [-0.15, -0.1) is 0 Å². The molecule has 0 saturated heterocycles. The molecule has 0 atom stereocenters. The summed E-state index contributed by atoms with van der Waals surface area (Å²) in [5.74, 6) is -1.14. The van der Waals surface area contributed by atoms with Gasteiger partial charge in [-0.3, -0.25) is 0 Å². The van der Waals surface area contributed by atoms with E-state index in [9.17, 15) is 13.2 Å². The Morgan fingerprint density at radius 1 is 1.47 bits per heavy atom. The molecule has 106 valence electrons. The number of benzene rings is 1. The molecule has 0 spiro atoms. The van der Waals surface area contributed by atoms with Crippen LogP contribution in [0.4, 0.5) is 0 Å². The Hall–Kier alpha value is -0.630. The van der Waals surface area contributed by atoms with E-state index in [1.807, 2.05) is 13.8 Å². The van der Waals surface area contributed by atoms with Gasteiger partial charge in [-0.2, -0.15) is 0 Å². The van der Waals surface area contributed by atoms with Crippen molar-refractivity contribution in [1.82, 2.24) is 4.72 Å². The van der Waals surface area contributed by atoms with E-state index in [2.05, 4.69) is 20.7 Å². The molecule has 1 aromatic carbocycles. The minimum absolute atomic E-state index is 0.0321. The van der Waals surface area contributed by atoms with Crippen molar-refractivity contribution >= 4 is 43.5 Å². The second kappa shape index (κ2) is 6.21. The zero-order chi connectivity index (χ0) is 14.8. The molecule has 5 nitrogen and oxygen atoms in total. The normalized spacial score (nSPS) is 11.8.